The molecular formula is C26H26ClF3N2O5S. The van der Waals surface area contributed by atoms with Crippen molar-refractivity contribution in [2.24, 2.45) is 0 Å². The van der Waals surface area contributed by atoms with Gasteiger partial charge in [0.05, 0.1) is 34.4 Å². The number of hydrogen-bond donors (Lipinski definition) is 1. The molecule has 3 aromatic carbocycles. The molecule has 0 aliphatic rings. The molecule has 0 atom stereocenters. The molecule has 0 unspecified atom stereocenters. The fraction of sp³-hybridized carbons (Fsp3) is 0.269. The Morgan fingerprint density at radius 3 is 2.32 bits per heavy atom. The van der Waals surface area contributed by atoms with Crippen LogP contribution < -0.4 is 19.1 Å². The van der Waals surface area contributed by atoms with Gasteiger partial charge in [-0.15, -0.1) is 0 Å². The number of carbonyl (C=O) groups is 1. The molecular weight excluding hydrogens is 545 g/mol. The zero-order chi connectivity index (χ0) is 28.1. The van der Waals surface area contributed by atoms with Crippen molar-refractivity contribution in [1.82, 2.24) is 5.32 Å². The Labute approximate surface area is 224 Å². The maximum atomic E-state index is 13.5. The molecule has 0 radical (unpaired) electrons. The Morgan fingerprint density at radius 2 is 1.71 bits per heavy atom. The van der Waals surface area contributed by atoms with Gasteiger partial charge < -0.3 is 14.8 Å². The Hall–Kier alpha value is -3.44. The highest BCUT2D eigenvalue weighted by atomic mass is 35.5. The molecule has 0 aromatic heterocycles. The summed E-state index contributed by atoms with van der Waals surface area (Å²) in [6.45, 7) is 2.95. The molecule has 0 saturated heterocycles. The SMILES string of the molecule is COc1cc(CNC(=O)CN(c2ccc(Cl)c(C(F)(F)F)c2)S(=O)(=O)c2ccccc2)ccc1OC(C)C. The fourth-order valence-electron chi connectivity index (χ4n) is 3.48. The highest BCUT2D eigenvalue weighted by Crippen LogP contribution is 2.38. The summed E-state index contributed by atoms with van der Waals surface area (Å²) in [5.74, 6) is 0.218. The third-order valence-electron chi connectivity index (χ3n) is 5.24. The molecule has 0 heterocycles. The number of ether oxygens (including phenoxy) is 2. The Morgan fingerprint density at radius 1 is 1.03 bits per heavy atom. The van der Waals surface area contributed by atoms with E-state index in [1.54, 1.807) is 24.3 Å². The summed E-state index contributed by atoms with van der Waals surface area (Å²) in [7, 11) is -2.94. The smallest absolute Gasteiger partial charge is 0.417 e. The number of anilines is 1. The zero-order valence-electron chi connectivity index (χ0n) is 20.8. The van der Waals surface area contributed by atoms with E-state index in [0.717, 1.165) is 12.1 Å². The van der Waals surface area contributed by atoms with E-state index in [-0.39, 0.29) is 23.2 Å². The van der Waals surface area contributed by atoms with Crippen LogP contribution in [-0.4, -0.2) is 34.1 Å². The second kappa shape index (κ2) is 12.0. The average molecular weight is 571 g/mol. The van der Waals surface area contributed by atoms with Crippen molar-refractivity contribution in [2.45, 2.75) is 37.6 Å². The first-order chi connectivity index (χ1) is 17.8. The van der Waals surface area contributed by atoms with E-state index in [9.17, 15) is 26.4 Å². The van der Waals surface area contributed by atoms with Gasteiger partial charge in [0.15, 0.2) is 11.5 Å². The maximum absolute atomic E-state index is 13.5. The standard InChI is InChI=1S/C26H26ClF3N2O5S/c1-17(2)37-23-12-9-18(13-24(23)36-3)15-31-25(33)16-32(38(34,35)20-7-5-4-6-8-20)19-10-11-22(27)21(14-19)26(28,29)30/h4-14,17H,15-16H2,1-3H3,(H,31,33). The lowest BCUT2D eigenvalue weighted by Gasteiger charge is -2.25. The summed E-state index contributed by atoms with van der Waals surface area (Å²) in [6, 6.07) is 14.8. The number of carbonyl (C=O) groups excluding carboxylic acids is 1. The van der Waals surface area contributed by atoms with Crippen molar-refractivity contribution < 1.29 is 35.9 Å². The molecule has 3 aromatic rings. The van der Waals surface area contributed by atoms with Gasteiger partial charge in [-0.2, -0.15) is 13.2 Å². The van der Waals surface area contributed by atoms with E-state index in [1.807, 2.05) is 13.8 Å². The lowest BCUT2D eigenvalue weighted by atomic mass is 10.2. The molecule has 0 aliphatic carbocycles. The van der Waals surface area contributed by atoms with Crippen molar-refractivity contribution >= 4 is 33.2 Å². The van der Waals surface area contributed by atoms with Crippen LogP contribution in [0, 0.1) is 0 Å². The summed E-state index contributed by atoms with van der Waals surface area (Å²) in [6.07, 6.45) is -4.92. The highest BCUT2D eigenvalue weighted by Gasteiger charge is 2.35. The van der Waals surface area contributed by atoms with Gasteiger partial charge in [0, 0.05) is 6.54 Å². The van der Waals surface area contributed by atoms with Crippen LogP contribution >= 0.6 is 11.6 Å². The number of halogens is 4. The summed E-state index contributed by atoms with van der Waals surface area (Å²) in [5.41, 5.74) is -0.951. The number of nitrogens with one attached hydrogen (secondary N) is 1. The molecule has 0 saturated carbocycles. The molecule has 204 valence electrons. The van der Waals surface area contributed by atoms with Crippen LogP contribution in [0.2, 0.25) is 5.02 Å². The van der Waals surface area contributed by atoms with Crippen LogP contribution in [0.15, 0.2) is 71.6 Å². The molecule has 38 heavy (non-hydrogen) atoms. The Balaban J connectivity index is 1.89. The summed E-state index contributed by atoms with van der Waals surface area (Å²) in [5, 5.41) is 2.01. The van der Waals surface area contributed by atoms with Gasteiger partial charge in [-0.1, -0.05) is 35.9 Å². The number of hydrogen-bond acceptors (Lipinski definition) is 5. The minimum Gasteiger partial charge on any atom is -0.493 e. The summed E-state index contributed by atoms with van der Waals surface area (Å²) >= 11 is 5.72. The van der Waals surface area contributed by atoms with Gasteiger partial charge in [0.1, 0.15) is 6.54 Å². The molecule has 0 bridgehead atoms. The molecule has 3 rings (SSSR count). The number of rotatable bonds is 10. The van der Waals surface area contributed by atoms with E-state index in [2.05, 4.69) is 5.32 Å². The monoisotopic (exact) mass is 570 g/mol. The van der Waals surface area contributed by atoms with E-state index in [4.69, 9.17) is 21.1 Å². The number of benzene rings is 3. The topological polar surface area (TPSA) is 84.9 Å². The van der Waals surface area contributed by atoms with Gasteiger partial charge >= 0.3 is 6.18 Å². The molecule has 7 nitrogen and oxygen atoms in total. The van der Waals surface area contributed by atoms with E-state index >= 15 is 0 Å². The van der Waals surface area contributed by atoms with Crippen molar-refractivity contribution in [3.8, 4) is 11.5 Å². The molecule has 12 heteroatoms. The molecule has 0 fully saturated rings. The number of alkyl halides is 3. The van der Waals surface area contributed by atoms with Crippen molar-refractivity contribution in [3.63, 3.8) is 0 Å². The first kappa shape index (κ1) is 29.1. The predicted octanol–water partition coefficient (Wildman–Crippen LogP) is 5.67. The second-order valence-corrected chi connectivity index (χ2v) is 10.7. The van der Waals surface area contributed by atoms with Crippen LogP contribution in [0.1, 0.15) is 25.0 Å². The molecule has 0 aliphatic heterocycles. The van der Waals surface area contributed by atoms with Gasteiger partial charge in [-0.25, -0.2) is 8.42 Å². The Bertz CT molecular complexity index is 1380. The normalized spacial score (nSPS) is 11.8. The molecule has 1 amide bonds. The predicted molar refractivity (Wildman–Crippen MR) is 138 cm³/mol. The first-order valence-electron chi connectivity index (χ1n) is 11.4. The number of amides is 1. The van der Waals surface area contributed by atoms with Crippen LogP contribution in [0.25, 0.3) is 0 Å². The lowest BCUT2D eigenvalue weighted by molar-refractivity contribution is -0.137. The Kier molecular flexibility index (Phi) is 9.16. The van der Waals surface area contributed by atoms with Crippen LogP contribution in [0.3, 0.4) is 0 Å². The van der Waals surface area contributed by atoms with Crippen molar-refractivity contribution in [1.29, 1.82) is 0 Å². The first-order valence-corrected chi connectivity index (χ1v) is 13.2. The van der Waals surface area contributed by atoms with E-state index < -0.39 is 39.2 Å². The van der Waals surface area contributed by atoms with Gasteiger partial charge in [-0.3, -0.25) is 9.10 Å². The molecule has 0 spiro atoms. The number of sulfonamides is 1. The van der Waals surface area contributed by atoms with Crippen LogP contribution in [0.5, 0.6) is 11.5 Å². The largest absolute Gasteiger partial charge is 0.493 e. The zero-order valence-corrected chi connectivity index (χ0v) is 22.3. The fourth-order valence-corrected chi connectivity index (χ4v) is 5.14. The number of nitrogens with zero attached hydrogens (tertiary/aromatic N) is 1. The third kappa shape index (κ3) is 7.11. The van der Waals surface area contributed by atoms with E-state index in [1.165, 1.54) is 31.4 Å². The average Bonchev–Trinajstić information content (AvgIpc) is 2.86. The third-order valence-corrected chi connectivity index (χ3v) is 7.36. The minimum absolute atomic E-state index is 0.00476. The van der Waals surface area contributed by atoms with Crippen molar-refractivity contribution in [2.75, 3.05) is 18.0 Å². The van der Waals surface area contributed by atoms with Gasteiger partial charge in [0.2, 0.25) is 5.91 Å². The van der Waals surface area contributed by atoms with Gasteiger partial charge in [-0.05, 0) is 61.9 Å². The molecule has 1 N–H and O–H groups in total. The minimum atomic E-state index is -4.83. The van der Waals surface area contributed by atoms with Crippen LogP contribution in [0.4, 0.5) is 18.9 Å². The lowest BCUT2D eigenvalue weighted by Crippen LogP contribution is -2.40. The van der Waals surface area contributed by atoms with Crippen molar-refractivity contribution in [3.05, 3.63) is 82.9 Å². The highest BCUT2D eigenvalue weighted by molar-refractivity contribution is 7.92. The number of methoxy groups -OCH3 is 1. The van der Waals surface area contributed by atoms with Gasteiger partial charge in [0.25, 0.3) is 10.0 Å². The second-order valence-electron chi connectivity index (χ2n) is 8.42. The summed E-state index contributed by atoms with van der Waals surface area (Å²) < 4.78 is 78.9. The maximum Gasteiger partial charge on any atom is 0.417 e. The van der Waals surface area contributed by atoms with E-state index in [0.29, 0.717) is 27.4 Å². The quantitative estimate of drug-likeness (QED) is 0.340. The van der Waals surface area contributed by atoms with Crippen LogP contribution in [-0.2, 0) is 27.5 Å². The summed E-state index contributed by atoms with van der Waals surface area (Å²) in [4.78, 5) is 12.7.